The van der Waals surface area contributed by atoms with Crippen molar-refractivity contribution in [2.45, 2.75) is 44.0 Å². The van der Waals surface area contributed by atoms with E-state index in [4.69, 9.17) is 23.5 Å². The number of amides is 1. The number of anilines is 1. The van der Waals surface area contributed by atoms with Crippen molar-refractivity contribution in [1.82, 2.24) is 19.5 Å². The Labute approximate surface area is 293 Å². The number of nitrogens with zero attached hydrogens (tertiary/aromatic N) is 3. The number of imidazole rings is 1. The SMILES string of the molecule is COc1ccc(C(OC[C@H]2O[C@@H](n3cnc4c(=O)[nH]c(NC(=O)C(C)C)nc43)C(O[PH](=O)O)C2O)(c2ccccc2)c2ccc(OC)cc2)cc1. The molecule has 3 heterocycles. The first-order chi connectivity index (χ1) is 24.5. The molecule has 5 atom stereocenters. The lowest BCUT2D eigenvalue weighted by Gasteiger charge is -2.37. The fourth-order valence-corrected chi connectivity index (χ4v) is 6.53. The van der Waals surface area contributed by atoms with Crippen LogP contribution in [0.3, 0.4) is 0 Å². The lowest BCUT2D eigenvalue weighted by atomic mass is 9.80. The molecule has 0 spiro atoms. The highest BCUT2D eigenvalue weighted by Gasteiger charge is 2.49. The molecule has 1 saturated heterocycles. The topological polar surface area (TPSA) is 196 Å². The third kappa shape index (κ3) is 7.17. The molecule has 2 aromatic heterocycles. The van der Waals surface area contributed by atoms with Gasteiger partial charge in [-0.3, -0.25) is 33.5 Å². The van der Waals surface area contributed by atoms with Crippen molar-refractivity contribution in [3.63, 3.8) is 0 Å². The second kappa shape index (κ2) is 15.2. The summed E-state index contributed by atoms with van der Waals surface area (Å²) < 4.78 is 42.8. The van der Waals surface area contributed by atoms with Gasteiger partial charge in [-0.2, -0.15) is 4.98 Å². The molecule has 0 radical (unpaired) electrons. The van der Waals surface area contributed by atoms with E-state index < -0.39 is 49.9 Å². The second-order valence-corrected chi connectivity index (χ2v) is 12.9. The van der Waals surface area contributed by atoms with E-state index >= 15 is 0 Å². The van der Waals surface area contributed by atoms with Crippen LogP contribution in [0.15, 0.2) is 90.0 Å². The highest BCUT2D eigenvalue weighted by Crippen LogP contribution is 2.44. The summed E-state index contributed by atoms with van der Waals surface area (Å²) in [4.78, 5) is 46.1. The van der Waals surface area contributed by atoms with E-state index in [1.165, 1.54) is 10.9 Å². The number of carbonyl (C=O) groups excluding carboxylic acids is 1. The number of benzene rings is 3. The molecule has 0 aliphatic carbocycles. The lowest BCUT2D eigenvalue weighted by molar-refractivity contribution is -0.118. The van der Waals surface area contributed by atoms with Crippen molar-refractivity contribution in [3.8, 4) is 11.5 Å². The summed E-state index contributed by atoms with van der Waals surface area (Å²) in [5.41, 5.74) is 0.218. The van der Waals surface area contributed by atoms with Gasteiger partial charge >= 0.3 is 8.25 Å². The molecule has 5 aromatic rings. The zero-order chi connectivity index (χ0) is 36.3. The van der Waals surface area contributed by atoms with Crippen molar-refractivity contribution in [2.75, 3.05) is 26.1 Å². The van der Waals surface area contributed by atoms with Gasteiger partial charge in [0.2, 0.25) is 11.9 Å². The number of hydrogen-bond donors (Lipinski definition) is 4. The summed E-state index contributed by atoms with van der Waals surface area (Å²) in [5, 5.41) is 14.1. The first-order valence-corrected chi connectivity index (χ1v) is 17.3. The molecule has 6 rings (SSSR count). The number of aromatic amines is 1. The Morgan fingerprint density at radius 3 is 2.14 bits per heavy atom. The molecular weight excluding hydrogens is 681 g/mol. The van der Waals surface area contributed by atoms with Gasteiger partial charge in [-0.15, -0.1) is 0 Å². The van der Waals surface area contributed by atoms with E-state index in [-0.39, 0.29) is 29.6 Å². The van der Waals surface area contributed by atoms with Crippen molar-refractivity contribution in [2.24, 2.45) is 5.92 Å². The van der Waals surface area contributed by atoms with Gasteiger partial charge in [-0.05, 0) is 41.0 Å². The Morgan fingerprint density at radius 1 is 1.00 bits per heavy atom. The van der Waals surface area contributed by atoms with Gasteiger partial charge in [0.05, 0.1) is 27.2 Å². The summed E-state index contributed by atoms with van der Waals surface area (Å²) in [6.45, 7) is 3.12. The standard InChI is InChI=1S/C35H38N5O10P/c1-20(2)31(42)38-34-37-30-27(32(43)39-34)36-19-40(30)33-29(50-51(44)45)28(41)26(49-33)18-48-35(21-8-6-5-7-9-21,22-10-14-24(46-3)15-11-22)23-12-16-25(47-4)17-13-23/h5-17,19-20,26,28-29,33,41,51H,18H2,1-4H3,(H,44,45)(H2,37,38,39,42,43)/t26-,28?,29?,33-/m1/s1. The molecule has 268 valence electrons. The van der Waals surface area contributed by atoms with Gasteiger partial charge in [0, 0.05) is 5.92 Å². The summed E-state index contributed by atoms with van der Waals surface area (Å²) >= 11 is 0. The summed E-state index contributed by atoms with van der Waals surface area (Å²) in [7, 11) is -0.457. The number of carbonyl (C=O) groups is 1. The fourth-order valence-electron chi connectivity index (χ4n) is 6.04. The number of fused-ring (bicyclic) bond motifs is 1. The largest absolute Gasteiger partial charge is 0.497 e. The molecule has 16 heteroatoms. The van der Waals surface area contributed by atoms with Crippen molar-refractivity contribution >= 4 is 31.3 Å². The maximum Gasteiger partial charge on any atom is 0.317 e. The number of aliphatic hydroxyl groups excluding tert-OH is 1. The van der Waals surface area contributed by atoms with Gasteiger partial charge < -0.3 is 28.9 Å². The molecule has 4 N–H and O–H groups in total. The number of aromatic nitrogens is 4. The third-order valence-corrected chi connectivity index (χ3v) is 9.13. The van der Waals surface area contributed by atoms with Gasteiger partial charge in [0.1, 0.15) is 35.4 Å². The normalized spacial score (nSPS) is 19.7. The van der Waals surface area contributed by atoms with Gasteiger partial charge in [0.25, 0.3) is 5.56 Å². The Hall–Kier alpha value is -4.89. The van der Waals surface area contributed by atoms with E-state index in [0.717, 1.165) is 16.7 Å². The fraction of sp³-hybridized carbons (Fsp3) is 0.314. The number of rotatable bonds is 13. The van der Waals surface area contributed by atoms with Crippen molar-refractivity contribution in [1.29, 1.82) is 0 Å². The minimum absolute atomic E-state index is 0.0158. The predicted molar refractivity (Wildman–Crippen MR) is 186 cm³/mol. The molecule has 51 heavy (non-hydrogen) atoms. The van der Waals surface area contributed by atoms with Gasteiger partial charge in [-0.1, -0.05) is 68.4 Å². The maximum atomic E-state index is 12.9. The van der Waals surface area contributed by atoms with Crippen LogP contribution < -0.4 is 20.3 Å². The number of H-pyrrole nitrogens is 1. The predicted octanol–water partition coefficient (Wildman–Crippen LogP) is 3.77. The highest BCUT2D eigenvalue weighted by molar-refractivity contribution is 7.32. The van der Waals surface area contributed by atoms with Crippen molar-refractivity contribution < 1.29 is 42.8 Å². The number of aliphatic hydroxyl groups is 1. The highest BCUT2D eigenvalue weighted by atomic mass is 31.1. The molecule has 1 amide bonds. The Morgan fingerprint density at radius 2 is 1.59 bits per heavy atom. The van der Waals surface area contributed by atoms with Crippen LogP contribution in [-0.2, 0) is 29.0 Å². The molecule has 0 saturated carbocycles. The van der Waals surface area contributed by atoms with Gasteiger partial charge in [0.15, 0.2) is 17.4 Å². The summed E-state index contributed by atoms with van der Waals surface area (Å²) in [5.74, 6) is 0.358. The van der Waals surface area contributed by atoms with E-state index in [9.17, 15) is 24.2 Å². The van der Waals surface area contributed by atoms with Crippen LogP contribution in [0.25, 0.3) is 11.2 Å². The number of methoxy groups -OCH3 is 2. The van der Waals surface area contributed by atoms with E-state index in [2.05, 4.69) is 20.3 Å². The average Bonchev–Trinajstić information content (AvgIpc) is 3.69. The Kier molecular flexibility index (Phi) is 10.7. The Bertz CT molecular complexity index is 2010. The number of hydrogen-bond acceptors (Lipinski definition) is 11. The zero-order valence-corrected chi connectivity index (χ0v) is 29.2. The minimum Gasteiger partial charge on any atom is -0.497 e. The summed E-state index contributed by atoms with van der Waals surface area (Å²) in [6, 6.07) is 24.3. The quantitative estimate of drug-likeness (QED) is 0.102. The second-order valence-electron chi connectivity index (χ2n) is 12.1. The van der Waals surface area contributed by atoms with Crippen LogP contribution in [0.5, 0.6) is 11.5 Å². The van der Waals surface area contributed by atoms with Gasteiger partial charge in [-0.25, -0.2) is 4.98 Å². The molecule has 3 aromatic carbocycles. The van der Waals surface area contributed by atoms with Crippen molar-refractivity contribution in [3.05, 3.63) is 112 Å². The van der Waals surface area contributed by atoms with E-state index in [1.54, 1.807) is 28.1 Å². The zero-order valence-electron chi connectivity index (χ0n) is 28.2. The molecular formula is C35H38N5O10P. The van der Waals surface area contributed by atoms with E-state index in [0.29, 0.717) is 11.5 Å². The number of nitrogens with one attached hydrogen (secondary N) is 2. The molecule has 0 bridgehead atoms. The van der Waals surface area contributed by atoms with E-state index in [1.807, 2.05) is 78.9 Å². The smallest absolute Gasteiger partial charge is 0.317 e. The Balaban J connectivity index is 1.40. The monoisotopic (exact) mass is 719 g/mol. The molecule has 3 unspecified atom stereocenters. The maximum absolute atomic E-state index is 12.9. The van der Waals surface area contributed by atoms with Crippen LogP contribution in [-0.4, -0.2) is 74.6 Å². The molecule has 1 aliphatic rings. The van der Waals surface area contributed by atoms with Crippen LogP contribution in [0.2, 0.25) is 0 Å². The third-order valence-electron chi connectivity index (χ3n) is 8.66. The minimum atomic E-state index is -3.61. The van der Waals surface area contributed by atoms with Crippen LogP contribution in [0.4, 0.5) is 5.95 Å². The van der Waals surface area contributed by atoms with Crippen LogP contribution >= 0.6 is 8.25 Å². The average molecular weight is 720 g/mol. The van der Waals surface area contributed by atoms with Crippen LogP contribution in [0.1, 0.15) is 36.8 Å². The molecule has 1 aliphatic heterocycles. The lowest BCUT2D eigenvalue weighted by Crippen LogP contribution is -2.40. The molecule has 15 nitrogen and oxygen atoms in total. The first-order valence-electron chi connectivity index (χ1n) is 16.0. The molecule has 1 fully saturated rings. The van der Waals surface area contributed by atoms with Crippen LogP contribution in [0, 0.1) is 5.92 Å². The first kappa shape index (κ1) is 35.9. The number of ether oxygens (including phenoxy) is 4. The summed E-state index contributed by atoms with van der Waals surface area (Å²) in [6.07, 6.45) is -4.06.